The summed E-state index contributed by atoms with van der Waals surface area (Å²) in [6, 6.07) is 43.1. The van der Waals surface area contributed by atoms with Gasteiger partial charge in [-0.25, -0.2) is 21.1 Å². The zero-order valence-corrected chi connectivity index (χ0v) is 64.1. The second kappa shape index (κ2) is 40.6. The van der Waals surface area contributed by atoms with E-state index in [4.69, 9.17) is 84.8 Å². The number of hydrogen-bond donors (Lipinski definition) is 1. The molecule has 2 aromatic heterocycles. The highest BCUT2D eigenvalue weighted by atomic mass is 35.5. The van der Waals surface area contributed by atoms with Gasteiger partial charge in [0.05, 0.1) is 45.7 Å². The SMILES string of the molecule is CCCOCCCNC(=O)CCOc1cc(C(c2ccc(Cl)cc2)c2ccc(Cl)cc2)cc2c(CC3CCN(S(C)(=O)=O)CC3)ccnc12.COCCOCCCCC(=O)CCOCCOc1cc(C(c2ccc(Cl)cc2)c2ccc(Cl)cc2)cc2c(CC3CCN(S(=O)(=O)C(F)(F)F)CC3)ccnc12. The Hall–Kier alpha value is -6.51. The number of ether oxygens (including phenoxy) is 6. The number of nitrogens with zero attached hydrogens (tertiary/aromatic N) is 4. The van der Waals surface area contributed by atoms with Crippen molar-refractivity contribution < 1.29 is 68.0 Å². The number of piperidine rings is 2. The van der Waals surface area contributed by atoms with E-state index < -0.39 is 25.6 Å². The molecule has 2 aliphatic rings. The molecule has 26 heteroatoms. The van der Waals surface area contributed by atoms with Crippen LogP contribution in [0.2, 0.25) is 20.1 Å². The first-order chi connectivity index (χ1) is 50.5. The maximum atomic E-state index is 13.2. The van der Waals surface area contributed by atoms with Crippen LogP contribution >= 0.6 is 46.4 Å². The van der Waals surface area contributed by atoms with Crippen molar-refractivity contribution >= 4 is 99.9 Å². The van der Waals surface area contributed by atoms with Crippen molar-refractivity contribution in [1.29, 1.82) is 0 Å². The molecule has 0 atom stereocenters. The summed E-state index contributed by atoms with van der Waals surface area (Å²) < 4.78 is 125. The van der Waals surface area contributed by atoms with Gasteiger partial charge in [0, 0.05) is 128 Å². The van der Waals surface area contributed by atoms with Gasteiger partial charge in [-0.3, -0.25) is 19.6 Å². The van der Waals surface area contributed by atoms with Crippen LogP contribution in [0.5, 0.6) is 11.5 Å². The Balaban J connectivity index is 0.000000245. The van der Waals surface area contributed by atoms with Gasteiger partial charge in [-0.1, -0.05) is 102 Å². The number of amides is 1. The largest absolute Gasteiger partial charge is 0.511 e. The fourth-order valence-electron chi connectivity index (χ4n) is 13.2. The Morgan fingerprint density at radius 1 is 0.514 bits per heavy atom. The molecule has 8 aromatic rings. The molecule has 0 unspecified atom stereocenters. The Morgan fingerprint density at radius 2 is 0.943 bits per heavy atom. The van der Waals surface area contributed by atoms with Crippen molar-refractivity contribution in [2.75, 3.05) is 106 Å². The zero-order valence-electron chi connectivity index (χ0n) is 59.4. The van der Waals surface area contributed by atoms with Crippen LogP contribution in [0.15, 0.2) is 146 Å². The number of alkyl halides is 3. The quantitative estimate of drug-likeness (QED) is 0.0284. The number of nitrogens with one attached hydrogen (secondary N) is 1. The predicted octanol–water partition coefficient (Wildman–Crippen LogP) is 16.7. The first-order valence-electron chi connectivity index (χ1n) is 35.6. The van der Waals surface area contributed by atoms with Crippen molar-refractivity contribution in [1.82, 2.24) is 23.9 Å². The molecule has 17 nitrogen and oxygen atoms in total. The van der Waals surface area contributed by atoms with Gasteiger partial charge in [-0.15, -0.1) is 0 Å². The molecule has 1 amide bonds. The molecule has 1 N–H and O–H groups in total. The molecular formula is C79H92Cl4F3N5O12S2. The molecule has 0 saturated carbocycles. The van der Waals surface area contributed by atoms with Crippen molar-refractivity contribution in [3.63, 3.8) is 0 Å². The monoisotopic (exact) mass is 1560 g/mol. The Bertz CT molecular complexity index is 4240. The van der Waals surface area contributed by atoms with Gasteiger partial charge in [-0.2, -0.15) is 17.5 Å². The second-order valence-electron chi connectivity index (χ2n) is 26.4. The first kappa shape index (κ1) is 82.5. The maximum absolute atomic E-state index is 13.2. The lowest BCUT2D eigenvalue weighted by molar-refractivity contribution is -0.122. The number of methoxy groups -OCH3 is 1. The molecule has 10 rings (SSSR count). The summed E-state index contributed by atoms with van der Waals surface area (Å²) in [6.45, 7) is 7.17. The predicted molar refractivity (Wildman–Crippen MR) is 408 cm³/mol. The topological polar surface area (TPSA) is 202 Å². The van der Waals surface area contributed by atoms with E-state index in [0.717, 1.165) is 112 Å². The first-order valence-corrected chi connectivity index (χ1v) is 40.4. The highest BCUT2D eigenvalue weighted by Crippen LogP contribution is 2.42. The molecule has 0 aliphatic carbocycles. The summed E-state index contributed by atoms with van der Waals surface area (Å²) in [5.41, 5.74) is 4.00. The summed E-state index contributed by atoms with van der Waals surface area (Å²) in [5.74, 6) is 1.02. The minimum Gasteiger partial charge on any atom is -0.491 e. The lowest BCUT2D eigenvalue weighted by Crippen LogP contribution is -2.45. The third kappa shape index (κ3) is 24.5. The number of ketones is 1. The second-order valence-corrected chi connectivity index (χ2v) is 32.0. The van der Waals surface area contributed by atoms with Crippen molar-refractivity contribution in [3.05, 3.63) is 210 Å². The standard InChI is InChI=1S/C41H47Cl2F3N2O7S.C38H45Cl2N3O5S/c1-52-22-23-53-20-3-2-4-36(49)16-21-54-24-25-55-38-28-33(39(30-5-9-34(42)10-6-30)31-7-11-35(43)12-8-31)27-37-32(13-17-47-40(37)38)26-29-14-18-48(19-15-29)56(50,51)41(44,45)46;1-3-21-47-22-4-17-41-36(44)16-23-48-35-26-31(37(28-5-9-32(39)10-6-28)29-7-11-33(40)12-8-29)25-34-30(13-18-42-38(34)35)24-27-14-19-43(20-15-27)49(2,45)46/h5-13,17,27-29,39H,2-4,14-16,18-26H2,1H3;5-13,18,25-27,37H,3-4,14-17,19-24H2,1-2H3,(H,41,44). The van der Waals surface area contributed by atoms with E-state index in [9.17, 15) is 39.6 Å². The number of benzene rings is 6. The number of carbonyl (C=O) groups is 2. The highest BCUT2D eigenvalue weighted by molar-refractivity contribution is 7.90. The molecule has 2 fully saturated rings. The summed E-state index contributed by atoms with van der Waals surface area (Å²) in [5, 5.41) is 7.24. The molecular weight excluding hydrogens is 1470 g/mol. The van der Waals surface area contributed by atoms with Crippen LogP contribution in [0.3, 0.4) is 0 Å². The molecule has 2 saturated heterocycles. The lowest BCUT2D eigenvalue weighted by atomic mass is 9.83. The van der Waals surface area contributed by atoms with Gasteiger partial charge in [0.1, 0.15) is 34.9 Å². The Kier molecular flexibility index (Phi) is 31.9. The lowest BCUT2D eigenvalue weighted by Gasteiger charge is -2.31. The van der Waals surface area contributed by atoms with Gasteiger partial charge in [-0.05, 0) is 205 Å². The number of pyridine rings is 2. The molecule has 0 bridgehead atoms. The van der Waals surface area contributed by atoms with E-state index in [0.29, 0.717) is 113 Å². The average Bonchev–Trinajstić information content (AvgIpc) is 0.781. The van der Waals surface area contributed by atoms with E-state index in [1.807, 2.05) is 115 Å². The summed E-state index contributed by atoms with van der Waals surface area (Å²) in [7, 11) is -6.97. The van der Waals surface area contributed by atoms with Gasteiger partial charge < -0.3 is 33.7 Å². The van der Waals surface area contributed by atoms with Crippen molar-refractivity contribution in [2.45, 2.75) is 108 Å². The van der Waals surface area contributed by atoms with Crippen LogP contribution in [0.4, 0.5) is 13.2 Å². The smallest absolute Gasteiger partial charge is 0.491 e. The molecule has 4 heterocycles. The number of sulfonamides is 2. The number of rotatable bonds is 37. The normalized spacial score (nSPS) is 14.4. The molecule has 6 aromatic carbocycles. The van der Waals surface area contributed by atoms with Crippen LogP contribution in [-0.4, -0.2) is 158 Å². The Labute approximate surface area is 634 Å². The van der Waals surface area contributed by atoms with Gasteiger partial charge >= 0.3 is 15.5 Å². The fourth-order valence-corrected chi connectivity index (χ4v) is 15.6. The van der Waals surface area contributed by atoms with Crippen LogP contribution < -0.4 is 14.8 Å². The highest BCUT2D eigenvalue weighted by Gasteiger charge is 2.50. The number of aromatic nitrogens is 2. The minimum absolute atomic E-state index is 0.0537. The zero-order chi connectivity index (χ0) is 74.9. The van der Waals surface area contributed by atoms with Crippen molar-refractivity contribution in [3.8, 4) is 11.5 Å². The minimum atomic E-state index is -5.38. The van der Waals surface area contributed by atoms with Gasteiger partial charge in [0.15, 0.2) is 0 Å². The third-order valence-corrected chi connectivity index (χ3v) is 22.7. The summed E-state index contributed by atoms with van der Waals surface area (Å²) in [6.07, 6.45) is 12.5. The van der Waals surface area contributed by atoms with E-state index in [-0.39, 0.29) is 88.2 Å². The molecule has 2 aliphatic heterocycles. The number of carbonyl (C=O) groups excluding carboxylic acids is 2. The van der Waals surface area contributed by atoms with E-state index in [2.05, 4.69) is 30.4 Å². The van der Waals surface area contributed by atoms with Crippen LogP contribution in [-0.2, 0) is 61.4 Å². The number of halogens is 7. The maximum Gasteiger partial charge on any atom is 0.511 e. The number of Topliss-reactive ketones (excluding diaryl/α,β-unsaturated/α-hetero) is 1. The summed E-state index contributed by atoms with van der Waals surface area (Å²) in [4.78, 5) is 34.5. The van der Waals surface area contributed by atoms with E-state index in [1.54, 1.807) is 23.8 Å². The molecule has 566 valence electrons. The number of unbranched alkanes of at least 4 members (excludes halogenated alkanes) is 1. The van der Waals surface area contributed by atoms with E-state index >= 15 is 0 Å². The van der Waals surface area contributed by atoms with Crippen LogP contribution in [0.25, 0.3) is 21.8 Å². The summed E-state index contributed by atoms with van der Waals surface area (Å²) >= 11 is 25.2. The van der Waals surface area contributed by atoms with Crippen LogP contribution in [0.1, 0.15) is 134 Å². The van der Waals surface area contributed by atoms with Crippen molar-refractivity contribution in [2.24, 2.45) is 11.8 Å². The molecule has 0 radical (unpaired) electrons. The van der Waals surface area contributed by atoms with Gasteiger partial charge in [0.25, 0.3) is 0 Å². The Morgan fingerprint density at radius 3 is 1.39 bits per heavy atom. The fraction of sp³-hybridized carbons (Fsp3) is 0.443. The third-order valence-electron chi connectivity index (χ3n) is 18.8. The number of hydrogen-bond acceptors (Lipinski definition) is 14. The van der Waals surface area contributed by atoms with Gasteiger partial charge in [0.2, 0.25) is 15.9 Å². The molecule has 105 heavy (non-hydrogen) atoms. The average molecular weight is 1570 g/mol. The van der Waals surface area contributed by atoms with Crippen LogP contribution in [0, 0.1) is 11.8 Å². The van der Waals surface area contributed by atoms with E-state index in [1.165, 1.54) is 6.26 Å². The molecule has 0 spiro atoms. The number of fused-ring (bicyclic) bond motifs is 2.